The number of hydrogen-bond donors (Lipinski definition) is 0. The van der Waals surface area contributed by atoms with Crippen LogP contribution in [0.4, 0.5) is 8.78 Å². The first-order valence-corrected chi connectivity index (χ1v) is 6.74. The van der Waals surface area contributed by atoms with Crippen molar-refractivity contribution >= 4 is 22.6 Å². The lowest BCUT2D eigenvalue weighted by Gasteiger charge is -2.03. The molecule has 1 nitrogen and oxygen atoms in total. The largest absolute Gasteiger partial charge is 0.376 e. The second-order valence-corrected chi connectivity index (χ2v) is 4.92. The quantitative estimate of drug-likeness (QED) is 0.590. The predicted octanol–water partition coefficient (Wildman–Crippen LogP) is 3.52. The van der Waals surface area contributed by atoms with E-state index in [0.717, 1.165) is 5.56 Å². The van der Waals surface area contributed by atoms with Crippen LogP contribution in [-0.2, 0) is 11.3 Å². The lowest BCUT2D eigenvalue weighted by Crippen LogP contribution is -2.03. The van der Waals surface area contributed by atoms with E-state index in [1.54, 1.807) is 0 Å². The third-order valence-corrected chi connectivity index (χ3v) is 3.89. The minimum Gasteiger partial charge on any atom is -0.376 e. The number of benzene rings is 1. The van der Waals surface area contributed by atoms with Crippen molar-refractivity contribution in [2.75, 3.05) is 11.0 Å². The highest BCUT2D eigenvalue weighted by atomic mass is 127. The molecule has 0 heterocycles. The highest BCUT2D eigenvalue weighted by Crippen LogP contribution is 2.56. The number of ether oxygens (including phenoxy) is 1. The van der Waals surface area contributed by atoms with Gasteiger partial charge in [-0.1, -0.05) is 52.9 Å². The zero-order valence-corrected chi connectivity index (χ0v) is 10.9. The van der Waals surface area contributed by atoms with Crippen LogP contribution in [0.25, 0.3) is 0 Å². The molecule has 1 aromatic carbocycles. The molecule has 2 unspecified atom stereocenters. The fourth-order valence-corrected chi connectivity index (χ4v) is 2.98. The van der Waals surface area contributed by atoms with Gasteiger partial charge in [0.25, 0.3) is 5.92 Å². The lowest BCUT2D eigenvalue weighted by atomic mass is 10.2. The molecule has 0 radical (unpaired) electrons. The van der Waals surface area contributed by atoms with E-state index in [1.807, 2.05) is 52.9 Å². The maximum absolute atomic E-state index is 13.1. The summed E-state index contributed by atoms with van der Waals surface area (Å²) in [5.74, 6) is -3.56. The summed E-state index contributed by atoms with van der Waals surface area (Å²) >= 11 is 2.01. The van der Waals surface area contributed by atoms with Gasteiger partial charge < -0.3 is 4.74 Å². The highest BCUT2D eigenvalue weighted by Gasteiger charge is 2.67. The molecule has 1 aliphatic rings. The Morgan fingerprint density at radius 3 is 2.44 bits per heavy atom. The first-order chi connectivity index (χ1) is 7.66. The molecule has 0 aliphatic heterocycles. The number of hydrogen-bond acceptors (Lipinski definition) is 1. The Hall–Kier alpha value is -0.230. The van der Waals surface area contributed by atoms with Crippen LogP contribution in [0.5, 0.6) is 0 Å². The number of halogens is 3. The first-order valence-electron chi connectivity index (χ1n) is 5.21. The van der Waals surface area contributed by atoms with Gasteiger partial charge in [0.2, 0.25) is 0 Å². The van der Waals surface area contributed by atoms with Crippen LogP contribution >= 0.6 is 22.6 Å². The van der Waals surface area contributed by atoms with Gasteiger partial charge in [0.05, 0.1) is 19.1 Å². The third-order valence-electron chi connectivity index (χ3n) is 2.94. The van der Waals surface area contributed by atoms with Crippen molar-refractivity contribution in [1.82, 2.24) is 0 Å². The summed E-state index contributed by atoms with van der Waals surface area (Å²) in [5.41, 5.74) is 1.03. The van der Waals surface area contributed by atoms with Crippen LogP contribution in [0, 0.1) is 11.8 Å². The Balaban J connectivity index is 1.74. The smallest absolute Gasteiger partial charge is 0.257 e. The average molecular weight is 338 g/mol. The van der Waals surface area contributed by atoms with Gasteiger partial charge in [0.15, 0.2) is 0 Å². The first kappa shape index (κ1) is 12.2. The summed E-state index contributed by atoms with van der Waals surface area (Å²) in [5, 5.41) is 0. The molecule has 2 rings (SSSR count). The Bertz CT molecular complexity index is 342. The summed E-state index contributed by atoms with van der Waals surface area (Å²) in [6.45, 7) is 0.580. The molecule has 0 aromatic heterocycles. The van der Waals surface area contributed by atoms with E-state index in [2.05, 4.69) is 0 Å². The third kappa shape index (κ3) is 2.53. The fourth-order valence-electron chi connectivity index (χ4n) is 1.78. The Kier molecular flexibility index (Phi) is 3.79. The molecular weight excluding hydrogens is 325 g/mol. The Labute approximate surface area is 107 Å². The summed E-state index contributed by atoms with van der Waals surface area (Å²) in [4.78, 5) is 0. The van der Waals surface area contributed by atoms with Crippen molar-refractivity contribution in [3.8, 4) is 0 Å². The maximum atomic E-state index is 13.1. The van der Waals surface area contributed by atoms with E-state index in [4.69, 9.17) is 4.74 Å². The number of alkyl halides is 3. The van der Waals surface area contributed by atoms with E-state index in [1.165, 1.54) is 0 Å². The van der Waals surface area contributed by atoms with Crippen molar-refractivity contribution in [1.29, 1.82) is 0 Å². The molecule has 0 spiro atoms. The summed E-state index contributed by atoms with van der Waals surface area (Å²) < 4.78 is 32.0. The van der Waals surface area contributed by atoms with Gasteiger partial charge in [-0.3, -0.25) is 0 Å². The molecule has 0 saturated heterocycles. The molecule has 1 aliphatic carbocycles. The minimum absolute atomic E-state index is 0.162. The van der Waals surface area contributed by atoms with E-state index < -0.39 is 17.8 Å². The Morgan fingerprint density at radius 2 is 1.88 bits per heavy atom. The second kappa shape index (κ2) is 4.96. The van der Waals surface area contributed by atoms with Crippen LogP contribution in [-0.4, -0.2) is 17.0 Å². The molecular formula is C12H13F2IO. The SMILES string of the molecule is FC1(F)C(CI)C1COCc1ccccc1. The summed E-state index contributed by atoms with van der Waals surface area (Å²) in [7, 11) is 0. The van der Waals surface area contributed by atoms with Crippen molar-refractivity contribution in [2.45, 2.75) is 12.5 Å². The molecule has 0 bridgehead atoms. The van der Waals surface area contributed by atoms with Gasteiger partial charge in [0, 0.05) is 10.3 Å². The van der Waals surface area contributed by atoms with Crippen molar-refractivity contribution in [2.24, 2.45) is 11.8 Å². The van der Waals surface area contributed by atoms with Crippen LogP contribution in [0.3, 0.4) is 0 Å². The van der Waals surface area contributed by atoms with Gasteiger partial charge in [-0.25, -0.2) is 8.78 Å². The van der Waals surface area contributed by atoms with Gasteiger partial charge in [-0.15, -0.1) is 0 Å². The minimum atomic E-state index is -2.50. The zero-order valence-electron chi connectivity index (χ0n) is 8.70. The topological polar surface area (TPSA) is 9.23 Å². The predicted molar refractivity (Wildman–Crippen MR) is 66.9 cm³/mol. The van der Waals surface area contributed by atoms with Gasteiger partial charge in [0.1, 0.15) is 0 Å². The van der Waals surface area contributed by atoms with E-state index >= 15 is 0 Å². The zero-order chi connectivity index (χ0) is 11.6. The molecule has 1 aromatic rings. The molecule has 1 fully saturated rings. The molecule has 1 saturated carbocycles. The summed E-state index contributed by atoms with van der Waals surface area (Å²) in [6, 6.07) is 9.61. The van der Waals surface area contributed by atoms with E-state index in [0.29, 0.717) is 11.0 Å². The van der Waals surface area contributed by atoms with E-state index in [9.17, 15) is 8.78 Å². The monoisotopic (exact) mass is 338 g/mol. The van der Waals surface area contributed by atoms with Gasteiger partial charge >= 0.3 is 0 Å². The number of rotatable bonds is 5. The van der Waals surface area contributed by atoms with E-state index in [-0.39, 0.29) is 6.61 Å². The average Bonchev–Trinajstić information content (AvgIpc) is 2.81. The van der Waals surface area contributed by atoms with Crippen LogP contribution < -0.4 is 0 Å². The highest BCUT2D eigenvalue weighted by molar-refractivity contribution is 14.1. The van der Waals surface area contributed by atoms with Gasteiger partial charge in [-0.2, -0.15) is 0 Å². The molecule has 88 valence electrons. The van der Waals surface area contributed by atoms with Crippen LogP contribution in [0.15, 0.2) is 30.3 Å². The maximum Gasteiger partial charge on any atom is 0.257 e. The molecule has 4 heteroatoms. The van der Waals surface area contributed by atoms with Crippen LogP contribution in [0.1, 0.15) is 5.56 Å². The van der Waals surface area contributed by atoms with Crippen molar-refractivity contribution < 1.29 is 13.5 Å². The molecule has 2 atom stereocenters. The lowest BCUT2D eigenvalue weighted by molar-refractivity contribution is 0.0468. The second-order valence-electron chi connectivity index (χ2n) is 4.04. The normalized spacial score (nSPS) is 26.7. The molecule has 0 N–H and O–H groups in total. The fraction of sp³-hybridized carbons (Fsp3) is 0.500. The Morgan fingerprint density at radius 1 is 1.19 bits per heavy atom. The van der Waals surface area contributed by atoms with Crippen molar-refractivity contribution in [3.63, 3.8) is 0 Å². The van der Waals surface area contributed by atoms with Gasteiger partial charge in [-0.05, 0) is 5.56 Å². The summed E-state index contributed by atoms with van der Waals surface area (Å²) in [6.07, 6.45) is 0. The van der Waals surface area contributed by atoms with Crippen molar-refractivity contribution in [3.05, 3.63) is 35.9 Å². The molecule has 0 amide bonds. The standard InChI is InChI=1S/C12H13F2IO/c13-12(14)10(6-15)11(12)8-16-7-9-4-2-1-3-5-9/h1-5,10-11H,6-8H2. The van der Waals surface area contributed by atoms with Crippen LogP contribution in [0.2, 0.25) is 0 Å². The molecule has 16 heavy (non-hydrogen) atoms.